The van der Waals surface area contributed by atoms with Crippen LogP contribution in [-0.4, -0.2) is 24.9 Å². The standard InChI is InChI=1S/C70H55N9/c1-8-22-60(23-9-1)75(61-44-36-56(37-45-61)52-73-78(67-32-18-6-19-33-67)69-48-40-58(41-49-69)54-71-76(63-24-10-2-11-25-63)64-26-12-3-13-27-64)62-46-38-57(39-47-62)53-74-79(68-34-20-7-21-35-68)70-50-42-59(43-51-70)55-72-77(65-28-14-4-15-29-65)66-30-16-5-17-31-66/h1-55H/b71-54+,72-55+,73-52+,74-53+. The normalized spacial score (nSPS) is 11.3. The summed E-state index contributed by atoms with van der Waals surface area (Å²) in [4.78, 5) is 2.25. The van der Waals surface area contributed by atoms with Crippen LogP contribution in [0.25, 0.3) is 0 Å². The van der Waals surface area contributed by atoms with Crippen molar-refractivity contribution in [2.45, 2.75) is 0 Å². The summed E-state index contributed by atoms with van der Waals surface area (Å²) < 4.78 is 0. The fourth-order valence-electron chi connectivity index (χ4n) is 8.89. The third kappa shape index (κ3) is 12.8. The summed E-state index contributed by atoms with van der Waals surface area (Å²) in [6, 6.07) is 105. The molecule has 0 aromatic heterocycles. The number of rotatable bonds is 19. The third-order valence-electron chi connectivity index (χ3n) is 12.9. The number of nitrogens with zero attached hydrogens (tertiary/aromatic N) is 9. The zero-order chi connectivity index (χ0) is 53.3. The highest BCUT2D eigenvalue weighted by Gasteiger charge is 2.15. The molecule has 0 radical (unpaired) electrons. The van der Waals surface area contributed by atoms with Crippen molar-refractivity contribution in [2.75, 3.05) is 24.9 Å². The Balaban J connectivity index is 0.804. The van der Waals surface area contributed by atoms with Crippen LogP contribution < -0.4 is 24.9 Å². The van der Waals surface area contributed by atoms with Crippen molar-refractivity contribution in [1.29, 1.82) is 0 Å². The molecule has 0 N–H and O–H groups in total. The number of hydrogen-bond donors (Lipinski definition) is 0. The summed E-state index contributed by atoms with van der Waals surface area (Å²) >= 11 is 0. The SMILES string of the molecule is C(=N\N(c1ccccc1)c1ccccc1)/c1ccc(N(/N=C/c2ccc(N(c3ccccc3)c3ccc(/C=N/N(c4ccccc4)c4ccc(/C=N/N(c5ccccc5)c5ccccc5)cc4)cc3)cc2)c2ccccc2)cc1. The minimum absolute atomic E-state index is 0.918. The van der Waals surface area contributed by atoms with Gasteiger partial charge in [-0.25, -0.2) is 20.0 Å². The summed E-state index contributed by atoms with van der Waals surface area (Å²) in [5, 5.41) is 27.7. The molecule has 0 saturated heterocycles. The molecular weight excluding hydrogens is 967 g/mol. The van der Waals surface area contributed by atoms with E-state index in [0.717, 1.165) is 84.8 Å². The molecule has 11 aromatic carbocycles. The van der Waals surface area contributed by atoms with Crippen molar-refractivity contribution in [2.24, 2.45) is 20.4 Å². The van der Waals surface area contributed by atoms with Gasteiger partial charge in [-0.15, -0.1) is 0 Å². The fraction of sp³-hybridized carbons (Fsp3) is 0. The van der Waals surface area contributed by atoms with E-state index in [2.05, 4.69) is 199 Å². The minimum Gasteiger partial charge on any atom is -0.311 e. The van der Waals surface area contributed by atoms with Gasteiger partial charge in [0.2, 0.25) is 0 Å². The summed E-state index contributed by atoms with van der Waals surface area (Å²) in [5.41, 5.74) is 14.5. The van der Waals surface area contributed by atoms with E-state index in [1.807, 2.05) is 160 Å². The van der Waals surface area contributed by atoms with Gasteiger partial charge in [0.1, 0.15) is 0 Å². The molecular formula is C70H55N9. The average molecular weight is 1020 g/mol. The number of benzene rings is 11. The van der Waals surface area contributed by atoms with Crippen molar-refractivity contribution in [3.63, 3.8) is 0 Å². The van der Waals surface area contributed by atoms with Crippen LogP contribution in [0.4, 0.5) is 62.6 Å². The summed E-state index contributed by atoms with van der Waals surface area (Å²) in [6.07, 6.45) is 7.57. The predicted octanol–water partition coefficient (Wildman–Crippen LogP) is 17.8. The van der Waals surface area contributed by atoms with Gasteiger partial charge in [0.25, 0.3) is 0 Å². The molecule has 11 rings (SSSR count). The van der Waals surface area contributed by atoms with E-state index in [-0.39, 0.29) is 0 Å². The quantitative estimate of drug-likeness (QED) is 0.0596. The maximum Gasteiger partial charge on any atom is 0.0653 e. The van der Waals surface area contributed by atoms with E-state index < -0.39 is 0 Å². The lowest BCUT2D eigenvalue weighted by molar-refractivity contribution is 1.09. The van der Waals surface area contributed by atoms with Gasteiger partial charge in [-0.1, -0.05) is 176 Å². The zero-order valence-corrected chi connectivity index (χ0v) is 43.3. The van der Waals surface area contributed by atoms with E-state index in [1.165, 1.54) is 0 Å². The summed E-state index contributed by atoms with van der Waals surface area (Å²) in [6.45, 7) is 0. The van der Waals surface area contributed by atoms with Gasteiger partial charge in [-0.05, 0) is 156 Å². The highest BCUT2D eigenvalue weighted by molar-refractivity contribution is 5.88. The van der Waals surface area contributed by atoms with Crippen LogP contribution in [-0.2, 0) is 0 Å². The Bertz CT molecular complexity index is 3420. The highest BCUT2D eigenvalue weighted by Crippen LogP contribution is 2.35. The molecule has 0 spiro atoms. The minimum atomic E-state index is 0.918. The maximum atomic E-state index is 5.05. The summed E-state index contributed by atoms with van der Waals surface area (Å²) in [7, 11) is 0. The van der Waals surface area contributed by atoms with Gasteiger partial charge in [-0.3, -0.25) is 0 Å². The van der Waals surface area contributed by atoms with E-state index in [1.54, 1.807) is 0 Å². The van der Waals surface area contributed by atoms with Crippen molar-refractivity contribution in [3.05, 3.63) is 332 Å². The molecule has 0 heterocycles. The molecule has 0 atom stereocenters. The van der Waals surface area contributed by atoms with Crippen molar-refractivity contribution < 1.29 is 0 Å². The Morgan fingerprint density at radius 2 is 0.316 bits per heavy atom. The summed E-state index contributed by atoms with van der Waals surface area (Å²) in [5.74, 6) is 0. The van der Waals surface area contributed by atoms with Crippen molar-refractivity contribution >= 4 is 87.4 Å². The van der Waals surface area contributed by atoms with Crippen LogP contribution in [0.2, 0.25) is 0 Å². The van der Waals surface area contributed by atoms with Gasteiger partial charge in [0.15, 0.2) is 0 Å². The van der Waals surface area contributed by atoms with E-state index in [4.69, 9.17) is 20.4 Å². The van der Waals surface area contributed by atoms with Gasteiger partial charge in [0, 0.05) is 17.1 Å². The van der Waals surface area contributed by atoms with E-state index in [0.29, 0.717) is 0 Å². The number of hydrogen-bond acceptors (Lipinski definition) is 9. The maximum absolute atomic E-state index is 5.05. The first kappa shape index (κ1) is 50.3. The average Bonchev–Trinajstić information content (AvgIpc) is 3.55. The van der Waals surface area contributed by atoms with Crippen LogP contribution in [0, 0.1) is 0 Å². The van der Waals surface area contributed by atoms with E-state index in [9.17, 15) is 0 Å². The van der Waals surface area contributed by atoms with Crippen LogP contribution >= 0.6 is 0 Å². The molecule has 0 aliphatic rings. The molecule has 0 aliphatic carbocycles. The number of hydrazone groups is 4. The number of anilines is 11. The molecule has 0 unspecified atom stereocenters. The Kier molecular flexibility index (Phi) is 16.0. The second-order valence-electron chi connectivity index (χ2n) is 18.3. The molecule has 0 amide bonds. The van der Waals surface area contributed by atoms with Crippen LogP contribution in [0.5, 0.6) is 0 Å². The fourth-order valence-corrected chi connectivity index (χ4v) is 8.89. The Morgan fingerprint density at radius 3 is 0.519 bits per heavy atom. The van der Waals surface area contributed by atoms with Gasteiger partial charge in [-0.2, -0.15) is 20.4 Å². The lowest BCUT2D eigenvalue weighted by atomic mass is 10.1. The van der Waals surface area contributed by atoms with Crippen molar-refractivity contribution in [1.82, 2.24) is 0 Å². The second kappa shape index (κ2) is 25.1. The highest BCUT2D eigenvalue weighted by atomic mass is 15.5. The zero-order valence-electron chi connectivity index (χ0n) is 43.3. The number of para-hydroxylation sites is 7. The van der Waals surface area contributed by atoms with Crippen LogP contribution in [0.3, 0.4) is 0 Å². The second-order valence-corrected chi connectivity index (χ2v) is 18.3. The molecule has 11 aromatic rings. The lowest BCUT2D eigenvalue weighted by Gasteiger charge is -2.25. The first-order valence-electron chi connectivity index (χ1n) is 26.1. The molecule has 0 aliphatic heterocycles. The Hall–Kier alpha value is -10.9. The first-order valence-corrected chi connectivity index (χ1v) is 26.1. The molecule has 380 valence electrons. The molecule has 79 heavy (non-hydrogen) atoms. The van der Waals surface area contributed by atoms with Crippen molar-refractivity contribution in [3.8, 4) is 0 Å². The topological polar surface area (TPSA) is 65.6 Å². The van der Waals surface area contributed by atoms with Gasteiger partial charge < -0.3 is 4.90 Å². The smallest absolute Gasteiger partial charge is 0.0653 e. The molecule has 0 saturated carbocycles. The third-order valence-corrected chi connectivity index (χ3v) is 12.9. The predicted molar refractivity (Wildman–Crippen MR) is 332 cm³/mol. The van der Waals surface area contributed by atoms with Gasteiger partial charge >= 0.3 is 0 Å². The largest absolute Gasteiger partial charge is 0.311 e. The molecule has 9 heteroatoms. The molecule has 0 bridgehead atoms. The monoisotopic (exact) mass is 1020 g/mol. The lowest BCUT2D eigenvalue weighted by Crippen LogP contribution is -2.11. The van der Waals surface area contributed by atoms with Crippen LogP contribution in [0.15, 0.2) is 330 Å². The molecule has 9 nitrogen and oxygen atoms in total. The Labute approximate surface area is 462 Å². The van der Waals surface area contributed by atoms with E-state index >= 15 is 0 Å². The van der Waals surface area contributed by atoms with Gasteiger partial charge in [0.05, 0.1) is 70.4 Å². The van der Waals surface area contributed by atoms with Crippen LogP contribution in [0.1, 0.15) is 22.3 Å². The first-order chi connectivity index (χ1) is 39.2. The Morgan fingerprint density at radius 1 is 0.165 bits per heavy atom. The molecule has 0 fully saturated rings.